The minimum Gasteiger partial charge on any atom is -0.330 e. The van der Waals surface area contributed by atoms with Gasteiger partial charge in [-0.15, -0.1) is 12.4 Å². The number of rotatable bonds is 2. The van der Waals surface area contributed by atoms with Crippen molar-refractivity contribution in [1.29, 1.82) is 0 Å². The van der Waals surface area contributed by atoms with Gasteiger partial charge in [0, 0.05) is 12.6 Å². The van der Waals surface area contributed by atoms with Gasteiger partial charge in [-0.05, 0) is 44.7 Å². The predicted octanol–water partition coefficient (Wildman–Crippen LogP) is 1.40. The molecule has 2 aliphatic rings. The maximum absolute atomic E-state index is 5.62. The first-order valence-corrected chi connectivity index (χ1v) is 4.70. The van der Waals surface area contributed by atoms with E-state index in [1.165, 1.54) is 38.8 Å². The summed E-state index contributed by atoms with van der Waals surface area (Å²) in [7, 11) is 0. The van der Waals surface area contributed by atoms with E-state index >= 15 is 0 Å². The smallest absolute Gasteiger partial charge is 0.0393 e. The Morgan fingerprint density at radius 1 is 1.42 bits per heavy atom. The van der Waals surface area contributed by atoms with Crippen LogP contribution in [0.4, 0.5) is 0 Å². The molecule has 0 aromatic heterocycles. The molecular formula is C9H18ClN2. The average molecular weight is 190 g/mol. The molecular weight excluding hydrogens is 172 g/mol. The van der Waals surface area contributed by atoms with Gasteiger partial charge in [0.15, 0.2) is 0 Å². The molecule has 0 unspecified atom stereocenters. The summed E-state index contributed by atoms with van der Waals surface area (Å²) < 4.78 is 0. The number of nitrogens with zero attached hydrogens (tertiary/aromatic N) is 1. The first-order valence-electron chi connectivity index (χ1n) is 4.70. The molecule has 3 heteroatoms. The van der Waals surface area contributed by atoms with Crippen molar-refractivity contribution in [2.45, 2.75) is 25.7 Å². The highest BCUT2D eigenvalue weighted by atomic mass is 35.5. The largest absolute Gasteiger partial charge is 0.330 e. The molecule has 0 amide bonds. The second-order valence-electron chi connectivity index (χ2n) is 3.76. The summed E-state index contributed by atoms with van der Waals surface area (Å²) in [6.07, 6.45) is 5.45. The molecule has 2 N–H and O–H groups in total. The normalized spacial score (nSPS) is 31.2. The van der Waals surface area contributed by atoms with Gasteiger partial charge < -0.3 is 5.73 Å². The van der Waals surface area contributed by atoms with Gasteiger partial charge >= 0.3 is 0 Å². The molecule has 0 spiro atoms. The predicted molar refractivity (Wildman–Crippen MR) is 53.1 cm³/mol. The molecule has 0 aromatic rings. The van der Waals surface area contributed by atoms with Gasteiger partial charge in [-0.3, -0.25) is 4.90 Å². The minimum absolute atomic E-state index is 0. The Bertz CT molecular complexity index is 136. The zero-order valence-corrected chi connectivity index (χ0v) is 8.28. The second-order valence-corrected chi connectivity index (χ2v) is 3.76. The number of likely N-dealkylation sites (tertiary alicyclic amines) is 1. The van der Waals surface area contributed by atoms with Gasteiger partial charge in [-0.25, -0.2) is 0 Å². The topological polar surface area (TPSA) is 29.3 Å². The van der Waals surface area contributed by atoms with Crippen LogP contribution in [-0.2, 0) is 0 Å². The van der Waals surface area contributed by atoms with E-state index in [0.717, 1.165) is 12.5 Å². The molecule has 0 aromatic carbocycles. The van der Waals surface area contributed by atoms with Crippen LogP contribution in [-0.4, -0.2) is 24.5 Å². The monoisotopic (exact) mass is 189 g/mol. The van der Waals surface area contributed by atoms with Crippen molar-refractivity contribution in [3.63, 3.8) is 0 Å². The zero-order chi connectivity index (χ0) is 7.68. The fourth-order valence-corrected chi connectivity index (χ4v) is 1.96. The van der Waals surface area contributed by atoms with Crippen LogP contribution in [0.1, 0.15) is 25.7 Å². The summed E-state index contributed by atoms with van der Waals surface area (Å²) in [4.78, 5) is 2.56. The Hall–Kier alpha value is 0.210. The van der Waals surface area contributed by atoms with Crippen molar-refractivity contribution >= 4 is 12.4 Å². The summed E-state index contributed by atoms with van der Waals surface area (Å²) in [5.41, 5.74) is 5.62. The maximum Gasteiger partial charge on any atom is 0.0393 e. The van der Waals surface area contributed by atoms with Gasteiger partial charge in [-0.2, -0.15) is 0 Å². The number of hydrogen-bond donors (Lipinski definition) is 1. The maximum atomic E-state index is 5.62. The van der Waals surface area contributed by atoms with Crippen LogP contribution in [0.25, 0.3) is 0 Å². The lowest BCUT2D eigenvalue weighted by Gasteiger charge is -2.33. The third kappa shape index (κ3) is 1.93. The molecule has 1 saturated heterocycles. The van der Waals surface area contributed by atoms with Gasteiger partial charge in [-0.1, -0.05) is 0 Å². The summed E-state index contributed by atoms with van der Waals surface area (Å²) in [6, 6.07) is 1.70. The standard InChI is InChI=1S/C9H17N2.ClH/c10-6-8-4-5-11(7-8)9-2-1-3-9;/h8H,1-7,10H2;1H/t8-;/m0./s1. The van der Waals surface area contributed by atoms with Crippen molar-refractivity contribution < 1.29 is 0 Å². The molecule has 0 bridgehead atoms. The number of hydrogen-bond acceptors (Lipinski definition) is 2. The van der Waals surface area contributed by atoms with E-state index in [4.69, 9.17) is 5.73 Å². The first-order chi connectivity index (χ1) is 5.40. The lowest BCUT2D eigenvalue weighted by Crippen LogP contribution is -2.31. The Morgan fingerprint density at radius 3 is 2.58 bits per heavy atom. The Kier molecular flexibility index (Phi) is 3.81. The van der Waals surface area contributed by atoms with Crippen LogP contribution in [0, 0.1) is 12.0 Å². The lowest BCUT2D eigenvalue weighted by atomic mass is 9.92. The van der Waals surface area contributed by atoms with E-state index in [0.29, 0.717) is 0 Å². The SMILES string of the molecule is Cl.NC[C@@H]1CCN([C]2CCC2)C1. The quantitative estimate of drug-likeness (QED) is 0.712. The molecule has 12 heavy (non-hydrogen) atoms. The van der Waals surface area contributed by atoms with E-state index in [9.17, 15) is 0 Å². The third-order valence-electron chi connectivity index (χ3n) is 3.00. The van der Waals surface area contributed by atoms with Crippen molar-refractivity contribution in [2.75, 3.05) is 19.6 Å². The van der Waals surface area contributed by atoms with E-state index in [-0.39, 0.29) is 12.4 Å². The van der Waals surface area contributed by atoms with Gasteiger partial charge in [0.05, 0.1) is 0 Å². The minimum atomic E-state index is 0. The van der Waals surface area contributed by atoms with Crippen molar-refractivity contribution in [3.05, 3.63) is 6.04 Å². The summed E-state index contributed by atoms with van der Waals surface area (Å²) in [6.45, 7) is 3.40. The molecule has 1 heterocycles. The van der Waals surface area contributed by atoms with Gasteiger partial charge in [0.1, 0.15) is 0 Å². The highest BCUT2D eigenvalue weighted by Gasteiger charge is 2.31. The summed E-state index contributed by atoms with van der Waals surface area (Å²) >= 11 is 0. The highest BCUT2D eigenvalue weighted by Crippen LogP contribution is 2.35. The highest BCUT2D eigenvalue weighted by molar-refractivity contribution is 5.85. The van der Waals surface area contributed by atoms with Crippen LogP contribution >= 0.6 is 12.4 Å². The van der Waals surface area contributed by atoms with Crippen LogP contribution < -0.4 is 5.73 Å². The van der Waals surface area contributed by atoms with Gasteiger partial charge in [0.25, 0.3) is 0 Å². The van der Waals surface area contributed by atoms with Crippen molar-refractivity contribution in [3.8, 4) is 0 Å². The first kappa shape index (κ1) is 10.3. The third-order valence-corrected chi connectivity index (χ3v) is 3.00. The molecule has 2 nitrogen and oxygen atoms in total. The molecule has 1 radical (unpaired) electrons. The van der Waals surface area contributed by atoms with E-state index < -0.39 is 0 Å². The molecule has 1 aliphatic heterocycles. The Morgan fingerprint density at radius 2 is 2.17 bits per heavy atom. The second kappa shape index (κ2) is 4.45. The fraction of sp³-hybridized carbons (Fsp3) is 0.889. The van der Waals surface area contributed by atoms with Crippen LogP contribution in [0.3, 0.4) is 0 Å². The van der Waals surface area contributed by atoms with Crippen molar-refractivity contribution in [1.82, 2.24) is 4.90 Å². The Labute approximate surface area is 80.9 Å². The number of nitrogens with two attached hydrogens (primary N) is 1. The van der Waals surface area contributed by atoms with Crippen LogP contribution in [0.15, 0.2) is 0 Å². The molecule has 1 saturated carbocycles. The van der Waals surface area contributed by atoms with E-state index in [1.54, 1.807) is 6.04 Å². The van der Waals surface area contributed by atoms with Gasteiger partial charge in [0.2, 0.25) is 0 Å². The lowest BCUT2D eigenvalue weighted by molar-refractivity contribution is 0.253. The fourth-order valence-electron chi connectivity index (χ4n) is 1.96. The zero-order valence-electron chi connectivity index (χ0n) is 7.46. The summed E-state index contributed by atoms with van der Waals surface area (Å²) in [5, 5.41) is 0. The summed E-state index contributed by atoms with van der Waals surface area (Å²) in [5.74, 6) is 0.781. The average Bonchev–Trinajstić information content (AvgIpc) is 2.32. The molecule has 2 fully saturated rings. The van der Waals surface area contributed by atoms with E-state index in [2.05, 4.69) is 4.90 Å². The molecule has 2 rings (SSSR count). The molecule has 71 valence electrons. The molecule has 1 aliphatic carbocycles. The van der Waals surface area contributed by atoms with Crippen molar-refractivity contribution in [2.24, 2.45) is 11.7 Å². The van der Waals surface area contributed by atoms with Crippen LogP contribution in [0.2, 0.25) is 0 Å². The number of halogens is 1. The Balaban J connectivity index is 0.000000720. The van der Waals surface area contributed by atoms with Crippen LogP contribution in [0.5, 0.6) is 0 Å². The molecule has 1 atom stereocenters. The van der Waals surface area contributed by atoms with E-state index in [1.807, 2.05) is 0 Å².